The van der Waals surface area contributed by atoms with E-state index in [0.29, 0.717) is 11.3 Å². The summed E-state index contributed by atoms with van der Waals surface area (Å²) >= 11 is 0. The molecule has 3 aromatic heterocycles. The molecule has 0 aliphatic heterocycles. The first-order valence-electron chi connectivity index (χ1n) is 7.10. The number of hydrogen-bond donors (Lipinski definition) is 1. The van der Waals surface area contributed by atoms with Crippen LogP contribution in [-0.2, 0) is 4.79 Å². The van der Waals surface area contributed by atoms with Gasteiger partial charge in [0.2, 0.25) is 23.8 Å². The maximum absolute atomic E-state index is 13.3. The van der Waals surface area contributed by atoms with E-state index in [1.807, 2.05) is 0 Å². The first-order valence-corrected chi connectivity index (χ1v) is 7.10. The van der Waals surface area contributed by atoms with Crippen molar-refractivity contribution in [2.45, 2.75) is 12.8 Å². The molecule has 0 saturated heterocycles. The van der Waals surface area contributed by atoms with Crippen LogP contribution in [0.15, 0.2) is 30.3 Å². The number of fused-ring (bicyclic) bond motifs is 1. The Hall–Kier alpha value is -2.90. The summed E-state index contributed by atoms with van der Waals surface area (Å²) in [6.07, 6.45) is 1.75. The van der Waals surface area contributed by atoms with E-state index in [0.717, 1.165) is 25.0 Å². The lowest BCUT2D eigenvalue weighted by Gasteiger charge is -2.04. The number of anilines is 1. The zero-order valence-electron chi connectivity index (χ0n) is 11.8. The molecule has 3 aromatic rings. The van der Waals surface area contributed by atoms with Crippen molar-refractivity contribution >= 4 is 17.5 Å². The molecule has 0 unspecified atom stereocenters. The third kappa shape index (κ3) is 2.63. The van der Waals surface area contributed by atoms with Gasteiger partial charge >= 0.3 is 0 Å². The monoisotopic (exact) mass is 315 g/mol. The predicted molar refractivity (Wildman–Crippen MR) is 77.5 cm³/mol. The van der Waals surface area contributed by atoms with Gasteiger partial charge in [-0.2, -0.15) is 18.7 Å². The van der Waals surface area contributed by atoms with E-state index in [4.69, 9.17) is 0 Å². The lowest BCUT2D eigenvalue weighted by molar-refractivity contribution is -0.117. The molecule has 1 N–H and O–H groups in total. The fourth-order valence-corrected chi connectivity index (χ4v) is 2.35. The lowest BCUT2D eigenvalue weighted by atomic mass is 10.2. The summed E-state index contributed by atoms with van der Waals surface area (Å²) in [4.78, 5) is 19.1. The first-order chi connectivity index (χ1) is 11.1. The van der Waals surface area contributed by atoms with Crippen LogP contribution in [0.2, 0.25) is 0 Å². The van der Waals surface area contributed by atoms with Crippen LogP contribution in [0.3, 0.4) is 0 Å². The van der Waals surface area contributed by atoms with Crippen molar-refractivity contribution in [3.05, 3.63) is 42.2 Å². The van der Waals surface area contributed by atoms with E-state index in [1.54, 1.807) is 18.2 Å². The van der Waals surface area contributed by atoms with Crippen molar-refractivity contribution < 1.29 is 13.6 Å². The quantitative estimate of drug-likeness (QED) is 0.753. The van der Waals surface area contributed by atoms with Crippen molar-refractivity contribution in [2.75, 3.05) is 5.32 Å². The highest BCUT2D eigenvalue weighted by Crippen LogP contribution is 2.30. The minimum absolute atomic E-state index is 0.0319. The van der Waals surface area contributed by atoms with E-state index in [-0.39, 0.29) is 23.3 Å². The predicted octanol–water partition coefficient (Wildman–Crippen LogP) is 2.42. The molecule has 116 valence electrons. The fourth-order valence-electron chi connectivity index (χ4n) is 2.35. The second kappa shape index (κ2) is 5.08. The summed E-state index contributed by atoms with van der Waals surface area (Å²) in [5, 5.41) is 6.86. The maximum Gasteiger partial charge on any atom is 0.249 e. The molecule has 1 saturated carbocycles. The Balaban J connectivity index is 1.77. The average Bonchev–Trinajstić information content (AvgIpc) is 3.26. The summed E-state index contributed by atoms with van der Waals surface area (Å²) in [6, 6.07) is 7.27. The van der Waals surface area contributed by atoms with E-state index in [1.165, 1.54) is 4.52 Å². The van der Waals surface area contributed by atoms with Crippen LogP contribution in [0.25, 0.3) is 16.9 Å². The molecule has 0 radical (unpaired) electrons. The zero-order valence-corrected chi connectivity index (χ0v) is 11.8. The molecule has 1 fully saturated rings. The number of amides is 1. The standard InChI is InChI=1S/C15H11F2N5O/c16-11-6-9(7-12(17)18-11)10-2-1-3-13-19-15(21-22(10)13)20-14(23)8-4-5-8/h1-3,6-8H,4-5H2,(H,20,21,23). The Morgan fingerprint density at radius 2 is 1.91 bits per heavy atom. The van der Waals surface area contributed by atoms with Gasteiger partial charge in [0.1, 0.15) is 0 Å². The molecule has 0 atom stereocenters. The van der Waals surface area contributed by atoms with Crippen LogP contribution in [0.4, 0.5) is 14.7 Å². The summed E-state index contributed by atoms with van der Waals surface area (Å²) in [5.74, 6) is -1.74. The molecule has 1 aliphatic carbocycles. The maximum atomic E-state index is 13.3. The normalized spacial score (nSPS) is 14.2. The van der Waals surface area contributed by atoms with Gasteiger partial charge in [-0.25, -0.2) is 4.52 Å². The van der Waals surface area contributed by atoms with E-state index >= 15 is 0 Å². The number of carbonyl (C=O) groups excluding carboxylic acids is 1. The van der Waals surface area contributed by atoms with Crippen LogP contribution in [0.1, 0.15) is 12.8 Å². The molecule has 0 spiro atoms. The van der Waals surface area contributed by atoms with Gasteiger partial charge in [-0.1, -0.05) is 6.07 Å². The van der Waals surface area contributed by atoms with Gasteiger partial charge < -0.3 is 0 Å². The van der Waals surface area contributed by atoms with Gasteiger partial charge in [0.25, 0.3) is 0 Å². The number of rotatable bonds is 3. The molecule has 8 heteroatoms. The molecule has 23 heavy (non-hydrogen) atoms. The number of halogens is 2. The van der Waals surface area contributed by atoms with Crippen LogP contribution >= 0.6 is 0 Å². The summed E-state index contributed by atoms with van der Waals surface area (Å²) in [5.41, 5.74) is 1.19. The lowest BCUT2D eigenvalue weighted by Crippen LogP contribution is -2.14. The van der Waals surface area contributed by atoms with Crippen molar-refractivity contribution in [3.63, 3.8) is 0 Å². The third-order valence-corrected chi connectivity index (χ3v) is 3.60. The molecule has 6 nitrogen and oxygen atoms in total. The zero-order chi connectivity index (χ0) is 16.0. The Morgan fingerprint density at radius 3 is 2.61 bits per heavy atom. The highest BCUT2D eigenvalue weighted by molar-refractivity contribution is 5.92. The highest BCUT2D eigenvalue weighted by Gasteiger charge is 2.30. The van der Waals surface area contributed by atoms with E-state index in [9.17, 15) is 13.6 Å². The van der Waals surface area contributed by atoms with Crippen LogP contribution in [0.5, 0.6) is 0 Å². The van der Waals surface area contributed by atoms with Gasteiger partial charge in [-0.15, -0.1) is 5.10 Å². The molecule has 0 aromatic carbocycles. The molecule has 4 rings (SSSR count). The second-order valence-electron chi connectivity index (χ2n) is 5.38. The summed E-state index contributed by atoms with van der Waals surface area (Å²) in [7, 11) is 0. The van der Waals surface area contributed by atoms with Crippen LogP contribution < -0.4 is 5.32 Å². The first kappa shape index (κ1) is 13.7. The molecular weight excluding hydrogens is 304 g/mol. The molecule has 0 bridgehead atoms. The van der Waals surface area contributed by atoms with Crippen LogP contribution in [-0.4, -0.2) is 25.5 Å². The van der Waals surface area contributed by atoms with E-state index < -0.39 is 11.9 Å². The fraction of sp³-hybridized carbons (Fsp3) is 0.200. The van der Waals surface area contributed by atoms with Crippen molar-refractivity contribution in [3.8, 4) is 11.3 Å². The number of hydrogen-bond acceptors (Lipinski definition) is 4. The summed E-state index contributed by atoms with van der Waals surface area (Å²) < 4.78 is 28.1. The van der Waals surface area contributed by atoms with Crippen molar-refractivity contribution in [1.29, 1.82) is 0 Å². The smallest absolute Gasteiger partial charge is 0.249 e. The summed E-state index contributed by atoms with van der Waals surface area (Å²) in [6.45, 7) is 0. The SMILES string of the molecule is O=C(Nc1nc2cccc(-c3cc(F)nc(F)c3)n2n1)C1CC1. The van der Waals surface area contributed by atoms with Crippen molar-refractivity contribution in [2.24, 2.45) is 5.92 Å². The molecular formula is C15H11F2N5O. The van der Waals surface area contributed by atoms with Gasteiger partial charge in [0.05, 0.1) is 5.69 Å². The topological polar surface area (TPSA) is 72.2 Å². The number of nitrogens with one attached hydrogen (secondary N) is 1. The molecule has 1 aliphatic rings. The average molecular weight is 315 g/mol. The Morgan fingerprint density at radius 1 is 1.17 bits per heavy atom. The minimum Gasteiger partial charge on any atom is -0.293 e. The Bertz CT molecular complexity index is 899. The molecule has 1 amide bonds. The van der Waals surface area contributed by atoms with Gasteiger partial charge in [0, 0.05) is 23.6 Å². The number of aromatic nitrogens is 4. The van der Waals surface area contributed by atoms with Crippen molar-refractivity contribution in [1.82, 2.24) is 19.6 Å². The van der Waals surface area contributed by atoms with Crippen LogP contribution in [0, 0.1) is 17.8 Å². The van der Waals surface area contributed by atoms with E-state index in [2.05, 4.69) is 20.4 Å². The van der Waals surface area contributed by atoms with Gasteiger partial charge in [0.15, 0.2) is 5.65 Å². The number of nitrogens with zero attached hydrogens (tertiary/aromatic N) is 4. The number of pyridine rings is 2. The number of carbonyl (C=O) groups is 1. The van der Waals surface area contributed by atoms with Gasteiger partial charge in [-0.3, -0.25) is 10.1 Å². The third-order valence-electron chi connectivity index (χ3n) is 3.60. The largest absolute Gasteiger partial charge is 0.293 e. The minimum atomic E-state index is -0.917. The Labute approximate surface area is 129 Å². The van der Waals surface area contributed by atoms with Gasteiger partial charge in [-0.05, 0) is 25.0 Å². The second-order valence-corrected chi connectivity index (χ2v) is 5.38. The molecule has 3 heterocycles. The highest BCUT2D eigenvalue weighted by atomic mass is 19.1. The Kier molecular flexibility index (Phi) is 3.03.